The van der Waals surface area contributed by atoms with Crippen LogP contribution in [-0.4, -0.2) is 25.9 Å². The Kier molecular flexibility index (Phi) is 4.60. The summed E-state index contributed by atoms with van der Waals surface area (Å²) in [6.07, 6.45) is 0. The number of nitrogens with one attached hydrogen (secondary N) is 1. The molecule has 0 spiro atoms. The Bertz CT molecular complexity index is 78.2. The van der Waals surface area contributed by atoms with Gasteiger partial charge >= 0.3 is 0 Å². The second kappa shape index (κ2) is 4.66. The molecule has 0 aromatic heterocycles. The summed E-state index contributed by atoms with van der Waals surface area (Å²) in [5.41, 5.74) is 2.52. The van der Waals surface area contributed by atoms with Gasteiger partial charge in [0.25, 0.3) is 0 Å². The van der Waals surface area contributed by atoms with Gasteiger partial charge in [-0.05, 0) is 20.8 Å². The Balaban J connectivity index is 3.04. The zero-order valence-corrected chi connectivity index (χ0v) is 7.23. The number of hydrogen-bond donors (Lipinski definition) is 1. The zero-order chi connectivity index (χ0) is 8.04. The van der Waals surface area contributed by atoms with Gasteiger partial charge in [0.1, 0.15) is 0 Å². The molecule has 0 rings (SSSR count). The number of ether oxygens (including phenoxy) is 1. The Morgan fingerprint density at radius 1 is 1.20 bits per heavy atom. The Morgan fingerprint density at radius 3 is 2.20 bits per heavy atom. The molecule has 0 aromatic carbocycles. The molecule has 0 bridgehead atoms. The van der Waals surface area contributed by atoms with E-state index in [-0.39, 0.29) is 5.60 Å². The second-order valence-electron chi connectivity index (χ2n) is 3.01. The van der Waals surface area contributed by atoms with Crippen molar-refractivity contribution in [2.45, 2.75) is 26.4 Å². The monoisotopic (exact) mass is 147 g/mol. The first kappa shape index (κ1) is 9.88. The van der Waals surface area contributed by atoms with Crippen molar-refractivity contribution >= 4 is 0 Å². The molecular formula is C7H17NO2. The van der Waals surface area contributed by atoms with Gasteiger partial charge in [-0.2, -0.15) is 0 Å². The molecule has 3 nitrogen and oxygen atoms in total. The van der Waals surface area contributed by atoms with E-state index in [1.165, 1.54) is 0 Å². The topological polar surface area (TPSA) is 30.5 Å². The standard InChI is InChI=1S/C7H17NO2/c1-7(2,3)9-5-6-10-8-4/h8H,5-6H2,1-4H3. The largest absolute Gasteiger partial charge is 0.373 e. The fraction of sp³-hybridized carbons (Fsp3) is 1.00. The predicted molar refractivity (Wildman–Crippen MR) is 40.7 cm³/mol. The average molecular weight is 147 g/mol. The van der Waals surface area contributed by atoms with Gasteiger partial charge < -0.3 is 4.74 Å². The summed E-state index contributed by atoms with van der Waals surface area (Å²) in [6, 6.07) is 0. The molecule has 1 N–H and O–H groups in total. The lowest BCUT2D eigenvalue weighted by molar-refractivity contribution is -0.0520. The minimum absolute atomic E-state index is 0.0584. The highest BCUT2D eigenvalue weighted by Gasteiger charge is 2.08. The van der Waals surface area contributed by atoms with Gasteiger partial charge in [-0.1, -0.05) is 0 Å². The molecular weight excluding hydrogens is 130 g/mol. The molecule has 0 aliphatic heterocycles. The maximum Gasteiger partial charge on any atom is 0.0916 e. The smallest absolute Gasteiger partial charge is 0.0916 e. The zero-order valence-electron chi connectivity index (χ0n) is 7.23. The van der Waals surface area contributed by atoms with E-state index in [0.717, 1.165) is 0 Å². The van der Waals surface area contributed by atoms with Crippen molar-refractivity contribution in [1.82, 2.24) is 5.48 Å². The molecule has 0 saturated carbocycles. The number of rotatable bonds is 4. The van der Waals surface area contributed by atoms with Crippen molar-refractivity contribution in [3.05, 3.63) is 0 Å². The quantitative estimate of drug-likeness (QED) is 0.474. The minimum Gasteiger partial charge on any atom is -0.373 e. The van der Waals surface area contributed by atoms with E-state index < -0.39 is 0 Å². The third-order valence-electron chi connectivity index (χ3n) is 0.865. The number of hydrogen-bond acceptors (Lipinski definition) is 3. The third kappa shape index (κ3) is 7.88. The van der Waals surface area contributed by atoms with Crippen LogP contribution in [0.15, 0.2) is 0 Å². The summed E-state index contributed by atoms with van der Waals surface area (Å²) in [6.45, 7) is 7.28. The maximum atomic E-state index is 5.37. The van der Waals surface area contributed by atoms with E-state index in [1.54, 1.807) is 7.05 Å². The molecule has 0 saturated heterocycles. The Hall–Kier alpha value is -0.120. The molecule has 0 heterocycles. The lowest BCUT2D eigenvalue weighted by Crippen LogP contribution is -2.23. The maximum absolute atomic E-state index is 5.37. The molecule has 3 heteroatoms. The first-order valence-electron chi connectivity index (χ1n) is 3.49. The van der Waals surface area contributed by atoms with Crippen LogP contribution in [0.25, 0.3) is 0 Å². The summed E-state index contributed by atoms with van der Waals surface area (Å²) in [5, 5.41) is 0. The van der Waals surface area contributed by atoms with Crippen molar-refractivity contribution in [1.29, 1.82) is 0 Å². The van der Waals surface area contributed by atoms with Gasteiger partial charge in [0.15, 0.2) is 0 Å². The normalized spacial score (nSPS) is 12.0. The SMILES string of the molecule is CNOCCOC(C)(C)C. The molecule has 0 amide bonds. The minimum atomic E-state index is -0.0584. The summed E-state index contributed by atoms with van der Waals surface area (Å²) >= 11 is 0. The van der Waals surface area contributed by atoms with Crippen molar-refractivity contribution in [2.24, 2.45) is 0 Å². The molecule has 0 atom stereocenters. The van der Waals surface area contributed by atoms with Gasteiger partial charge in [0.2, 0.25) is 0 Å². The van der Waals surface area contributed by atoms with Crippen molar-refractivity contribution in [3.63, 3.8) is 0 Å². The van der Waals surface area contributed by atoms with Crippen molar-refractivity contribution < 1.29 is 9.57 Å². The van der Waals surface area contributed by atoms with E-state index in [4.69, 9.17) is 9.57 Å². The van der Waals surface area contributed by atoms with Gasteiger partial charge in [-0.15, -0.1) is 0 Å². The molecule has 0 radical (unpaired) electrons. The summed E-state index contributed by atoms with van der Waals surface area (Å²) in [5.74, 6) is 0. The first-order chi connectivity index (χ1) is 4.56. The molecule has 0 unspecified atom stereocenters. The van der Waals surface area contributed by atoms with Crippen molar-refractivity contribution in [3.8, 4) is 0 Å². The number of hydroxylamine groups is 1. The third-order valence-corrected chi connectivity index (χ3v) is 0.865. The van der Waals surface area contributed by atoms with Gasteiger partial charge in [0.05, 0.1) is 18.8 Å². The summed E-state index contributed by atoms with van der Waals surface area (Å²) in [4.78, 5) is 4.85. The van der Waals surface area contributed by atoms with Crippen LogP contribution in [0.2, 0.25) is 0 Å². The van der Waals surface area contributed by atoms with E-state index in [0.29, 0.717) is 13.2 Å². The van der Waals surface area contributed by atoms with Crippen LogP contribution in [0.3, 0.4) is 0 Å². The second-order valence-corrected chi connectivity index (χ2v) is 3.01. The fourth-order valence-corrected chi connectivity index (χ4v) is 0.492. The predicted octanol–water partition coefficient (Wildman–Crippen LogP) is 0.952. The van der Waals surface area contributed by atoms with Crippen LogP contribution < -0.4 is 5.48 Å². The van der Waals surface area contributed by atoms with Gasteiger partial charge in [-0.25, -0.2) is 5.48 Å². The van der Waals surface area contributed by atoms with Crippen LogP contribution in [0, 0.1) is 0 Å². The molecule has 0 aliphatic rings. The average Bonchev–Trinajstić information content (AvgIpc) is 1.78. The fourth-order valence-electron chi connectivity index (χ4n) is 0.492. The van der Waals surface area contributed by atoms with Crippen LogP contribution in [0.1, 0.15) is 20.8 Å². The van der Waals surface area contributed by atoms with Gasteiger partial charge in [0, 0.05) is 7.05 Å². The van der Waals surface area contributed by atoms with Crippen LogP contribution in [0.5, 0.6) is 0 Å². The van der Waals surface area contributed by atoms with Crippen molar-refractivity contribution in [2.75, 3.05) is 20.3 Å². The van der Waals surface area contributed by atoms with Crippen LogP contribution in [0.4, 0.5) is 0 Å². The van der Waals surface area contributed by atoms with E-state index in [1.807, 2.05) is 20.8 Å². The lowest BCUT2D eigenvalue weighted by Gasteiger charge is -2.18. The van der Waals surface area contributed by atoms with Crippen LogP contribution in [-0.2, 0) is 9.57 Å². The summed E-state index contributed by atoms with van der Waals surface area (Å²) in [7, 11) is 1.73. The first-order valence-corrected chi connectivity index (χ1v) is 3.49. The van der Waals surface area contributed by atoms with E-state index >= 15 is 0 Å². The molecule has 0 aromatic rings. The highest BCUT2D eigenvalue weighted by Crippen LogP contribution is 2.05. The highest BCUT2D eigenvalue weighted by atomic mass is 16.7. The highest BCUT2D eigenvalue weighted by molar-refractivity contribution is 4.57. The molecule has 62 valence electrons. The van der Waals surface area contributed by atoms with E-state index in [9.17, 15) is 0 Å². The molecule has 10 heavy (non-hydrogen) atoms. The Morgan fingerprint density at radius 2 is 1.80 bits per heavy atom. The Labute approximate surface area is 62.7 Å². The lowest BCUT2D eigenvalue weighted by atomic mass is 10.2. The van der Waals surface area contributed by atoms with Crippen LogP contribution >= 0.6 is 0 Å². The summed E-state index contributed by atoms with van der Waals surface area (Å²) < 4.78 is 5.37. The van der Waals surface area contributed by atoms with Gasteiger partial charge in [-0.3, -0.25) is 4.84 Å². The van der Waals surface area contributed by atoms with E-state index in [2.05, 4.69) is 5.48 Å². The molecule has 0 aliphatic carbocycles. The molecule has 0 fully saturated rings.